The summed E-state index contributed by atoms with van der Waals surface area (Å²) < 4.78 is 5.71. The molecule has 0 bridgehead atoms. The zero-order valence-corrected chi connectivity index (χ0v) is 13.5. The van der Waals surface area contributed by atoms with Gasteiger partial charge in [-0.15, -0.1) is 0 Å². The molecule has 21 heavy (non-hydrogen) atoms. The third-order valence-electron chi connectivity index (χ3n) is 3.89. The summed E-state index contributed by atoms with van der Waals surface area (Å²) in [5.41, 5.74) is 3.91. The van der Waals surface area contributed by atoms with Crippen LogP contribution in [-0.4, -0.2) is 6.54 Å². The smallest absolute Gasteiger partial charge is 0.128 e. The van der Waals surface area contributed by atoms with E-state index in [1.165, 1.54) is 36.0 Å². The van der Waals surface area contributed by atoms with Crippen molar-refractivity contribution in [3.8, 4) is 0 Å². The van der Waals surface area contributed by atoms with Crippen molar-refractivity contribution in [3.63, 3.8) is 0 Å². The fraction of sp³-hybridized carbons (Fsp3) is 0.474. The van der Waals surface area contributed by atoms with Crippen molar-refractivity contribution in [3.05, 3.63) is 59.0 Å². The Hall–Kier alpha value is -1.54. The first-order valence-electron chi connectivity index (χ1n) is 8.12. The molecule has 0 saturated heterocycles. The van der Waals surface area contributed by atoms with E-state index in [4.69, 9.17) is 4.42 Å². The topological polar surface area (TPSA) is 25.2 Å². The van der Waals surface area contributed by atoms with Crippen LogP contribution in [0.1, 0.15) is 61.6 Å². The predicted octanol–water partition coefficient (Wildman–Crippen LogP) is 5.02. The van der Waals surface area contributed by atoms with Crippen molar-refractivity contribution in [1.29, 1.82) is 0 Å². The van der Waals surface area contributed by atoms with Gasteiger partial charge in [0.15, 0.2) is 0 Å². The van der Waals surface area contributed by atoms with E-state index in [-0.39, 0.29) is 6.04 Å². The summed E-state index contributed by atoms with van der Waals surface area (Å²) in [6, 6.07) is 11.2. The maximum Gasteiger partial charge on any atom is 0.128 e. The van der Waals surface area contributed by atoms with Gasteiger partial charge in [-0.25, -0.2) is 0 Å². The number of benzene rings is 1. The van der Waals surface area contributed by atoms with E-state index >= 15 is 0 Å². The van der Waals surface area contributed by atoms with Gasteiger partial charge in [-0.3, -0.25) is 0 Å². The van der Waals surface area contributed by atoms with E-state index in [1.54, 1.807) is 6.26 Å². The van der Waals surface area contributed by atoms with E-state index in [1.807, 2.05) is 6.07 Å². The number of aryl methyl sites for hydroxylation is 2. The molecular weight excluding hydrogens is 258 g/mol. The van der Waals surface area contributed by atoms with Gasteiger partial charge in [0.05, 0.1) is 12.3 Å². The van der Waals surface area contributed by atoms with Crippen molar-refractivity contribution in [1.82, 2.24) is 5.32 Å². The van der Waals surface area contributed by atoms with Crippen molar-refractivity contribution in [2.45, 2.75) is 52.5 Å². The molecule has 1 N–H and O–H groups in total. The molecule has 2 aromatic rings. The molecule has 1 heterocycles. The Morgan fingerprint density at radius 1 is 1.05 bits per heavy atom. The first-order chi connectivity index (χ1) is 10.3. The Morgan fingerprint density at radius 2 is 1.81 bits per heavy atom. The van der Waals surface area contributed by atoms with Crippen LogP contribution in [0.3, 0.4) is 0 Å². The number of unbranched alkanes of at least 4 members (excludes halogenated alkanes) is 1. The Morgan fingerprint density at radius 3 is 2.38 bits per heavy atom. The highest BCUT2D eigenvalue weighted by atomic mass is 16.3. The highest BCUT2D eigenvalue weighted by Gasteiger charge is 2.18. The maximum atomic E-state index is 5.71. The van der Waals surface area contributed by atoms with E-state index in [9.17, 15) is 0 Å². The summed E-state index contributed by atoms with van der Waals surface area (Å²) >= 11 is 0. The molecular formula is C19H27NO. The van der Waals surface area contributed by atoms with Gasteiger partial charge in [-0.05, 0) is 55.5 Å². The third kappa shape index (κ3) is 4.21. The number of furan rings is 1. The quantitative estimate of drug-likeness (QED) is 0.736. The zero-order valence-electron chi connectivity index (χ0n) is 13.5. The molecule has 0 saturated carbocycles. The van der Waals surface area contributed by atoms with Crippen molar-refractivity contribution in [2.75, 3.05) is 6.54 Å². The number of nitrogens with one attached hydrogen (secondary N) is 1. The summed E-state index contributed by atoms with van der Waals surface area (Å²) in [5.74, 6) is 1.03. The fourth-order valence-electron chi connectivity index (χ4n) is 2.59. The summed E-state index contributed by atoms with van der Waals surface area (Å²) in [5, 5.41) is 3.60. The zero-order chi connectivity index (χ0) is 15.1. The van der Waals surface area contributed by atoms with Crippen LogP contribution in [-0.2, 0) is 6.42 Å². The lowest BCUT2D eigenvalue weighted by Gasteiger charge is -2.18. The van der Waals surface area contributed by atoms with Gasteiger partial charge in [0.25, 0.3) is 0 Å². The van der Waals surface area contributed by atoms with Crippen molar-refractivity contribution < 1.29 is 4.42 Å². The van der Waals surface area contributed by atoms with Gasteiger partial charge >= 0.3 is 0 Å². The maximum absolute atomic E-state index is 5.71. The molecule has 0 spiro atoms. The number of hydrogen-bond donors (Lipinski definition) is 1. The van der Waals surface area contributed by atoms with E-state index < -0.39 is 0 Å². The van der Waals surface area contributed by atoms with Gasteiger partial charge in [-0.2, -0.15) is 0 Å². The normalized spacial score (nSPS) is 12.5. The lowest BCUT2D eigenvalue weighted by atomic mass is 9.99. The van der Waals surface area contributed by atoms with Gasteiger partial charge in [0.1, 0.15) is 5.76 Å². The average molecular weight is 285 g/mol. The molecule has 0 amide bonds. The standard InChI is InChI=1S/C19H27NO/c1-4-6-7-16-8-10-17(11-9-16)18(20-13-5-2)19-15(3)12-14-21-19/h8-12,14,18,20H,4-7,13H2,1-3H3. The largest absolute Gasteiger partial charge is 0.467 e. The summed E-state index contributed by atoms with van der Waals surface area (Å²) in [4.78, 5) is 0. The molecule has 2 nitrogen and oxygen atoms in total. The number of hydrogen-bond acceptors (Lipinski definition) is 2. The van der Waals surface area contributed by atoms with Gasteiger partial charge in [-0.1, -0.05) is 44.5 Å². The van der Waals surface area contributed by atoms with Crippen LogP contribution < -0.4 is 5.32 Å². The SMILES string of the molecule is CCCCc1ccc(C(NCCC)c2occc2C)cc1. The Labute approximate surface area is 128 Å². The molecule has 0 fully saturated rings. The highest BCUT2D eigenvalue weighted by Crippen LogP contribution is 2.26. The molecule has 1 atom stereocenters. The second kappa shape index (κ2) is 8.04. The molecule has 1 unspecified atom stereocenters. The van der Waals surface area contributed by atoms with E-state index in [0.29, 0.717) is 0 Å². The lowest BCUT2D eigenvalue weighted by molar-refractivity contribution is 0.444. The van der Waals surface area contributed by atoms with Crippen LogP contribution in [0.15, 0.2) is 41.0 Å². The Kier molecular flexibility index (Phi) is 6.06. The van der Waals surface area contributed by atoms with Gasteiger partial charge in [0, 0.05) is 0 Å². The molecule has 2 heteroatoms. The average Bonchev–Trinajstić information content (AvgIpc) is 2.93. The molecule has 0 aliphatic rings. The van der Waals surface area contributed by atoms with Crippen molar-refractivity contribution >= 4 is 0 Å². The minimum Gasteiger partial charge on any atom is -0.467 e. The minimum absolute atomic E-state index is 0.153. The summed E-state index contributed by atoms with van der Waals surface area (Å²) in [7, 11) is 0. The van der Waals surface area contributed by atoms with Gasteiger partial charge in [0.2, 0.25) is 0 Å². The summed E-state index contributed by atoms with van der Waals surface area (Å²) in [6.07, 6.45) is 6.57. The predicted molar refractivity (Wildman–Crippen MR) is 88.6 cm³/mol. The third-order valence-corrected chi connectivity index (χ3v) is 3.89. The monoisotopic (exact) mass is 285 g/mol. The second-order valence-electron chi connectivity index (χ2n) is 5.70. The molecule has 0 aliphatic carbocycles. The molecule has 114 valence electrons. The summed E-state index contributed by atoms with van der Waals surface area (Å²) in [6.45, 7) is 7.52. The lowest BCUT2D eigenvalue weighted by Crippen LogP contribution is -2.23. The van der Waals surface area contributed by atoms with E-state index in [0.717, 1.165) is 18.7 Å². The molecule has 1 aromatic carbocycles. The van der Waals surface area contributed by atoms with Crippen LogP contribution in [0.2, 0.25) is 0 Å². The number of rotatable bonds is 8. The van der Waals surface area contributed by atoms with Gasteiger partial charge < -0.3 is 9.73 Å². The Bertz CT molecular complexity index is 527. The van der Waals surface area contributed by atoms with E-state index in [2.05, 4.69) is 50.4 Å². The van der Waals surface area contributed by atoms with Crippen LogP contribution >= 0.6 is 0 Å². The first kappa shape index (κ1) is 15.8. The molecule has 0 aliphatic heterocycles. The van der Waals surface area contributed by atoms with Crippen LogP contribution in [0.4, 0.5) is 0 Å². The van der Waals surface area contributed by atoms with Crippen LogP contribution in [0.5, 0.6) is 0 Å². The van der Waals surface area contributed by atoms with Crippen LogP contribution in [0, 0.1) is 6.92 Å². The fourth-order valence-corrected chi connectivity index (χ4v) is 2.59. The molecule has 1 aromatic heterocycles. The minimum atomic E-state index is 0.153. The van der Waals surface area contributed by atoms with Crippen LogP contribution in [0.25, 0.3) is 0 Å². The first-order valence-corrected chi connectivity index (χ1v) is 8.12. The molecule has 2 rings (SSSR count). The second-order valence-corrected chi connectivity index (χ2v) is 5.70. The molecule has 0 radical (unpaired) electrons. The Balaban J connectivity index is 2.18. The van der Waals surface area contributed by atoms with Crippen molar-refractivity contribution in [2.24, 2.45) is 0 Å². The highest BCUT2D eigenvalue weighted by molar-refractivity contribution is 5.32.